The van der Waals surface area contributed by atoms with Gasteiger partial charge in [-0.15, -0.1) is 0 Å². The fraction of sp³-hybridized carbons (Fsp3) is 0.308. The molecule has 5 rings (SSSR count). The molecule has 0 aromatic heterocycles. The molecule has 1 aliphatic carbocycles. The van der Waals surface area contributed by atoms with Crippen molar-refractivity contribution in [3.63, 3.8) is 0 Å². The lowest BCUT2D eigenvalue weighted by Gasteiger charge is -2.30. The van der Waals surface area contributed by atoms with Crippen LogP contribution in [0.5, 0.6) is 0 Å². The van der Waals surface area contributed by atoms with Crippen molar-refractivity contribution in [3.05, 3.63) is 77.9 Å². The average molecular weight is 399 g/mol. The smallest absolute Gasteiger partial charge is 0.264 e. The predicted octanol–water partition coefficient (Wildman–Crippen LogP) is 4.72. The molecule has 2 aliphatic rings. The van der Waals surface area contributed by atoms with E-state index >= 15 is 0 Å². The number of amides is 1. The van der Waals surface area contributed by atoms with Crippen LogP contribution in [0.2, 0.25) is 0 Å². The number of hydrogen-bond acceptors (Lipinski definition) is 3. The Morgan fingerprint density at radius 3 is 2.57 bits per heavy atom. The maximum absolute atomic E-state index is 13.7. The van der Waals surface area contributed by atoms with Crippen LogP contribution in [0.15, 0.2) is 66.7 Å². The molecule has 4 heteroatoms. The fourth-order valence-corrected chi connectivity index (χ4v) is 5.16. The van der Waals surface area contributed by atoms with E-state index in [0.717, 1.165) is 35.6 Å². The summed E-state index contributed by atoms with van der Waals surface area (Å²) in [6.45, 7) is 0.362. The number of fused-ring (bicyclic) bond motifs is 2. The van der Waals surface area contributed by atoms with Crippen LogP contribution in [0.25, 0.3) is 10.8 Å². The summed E-state index contributed by atoms with van der Waals surface area (Å²) in [6, 6.07) is 21.5. The summed E-state index contributed by atoms with van der Waals surface area (Å²) in [4.78, 5) is 28.2. The van der Waals surface area contributed by atoms with E-state index in [2.05, 4.69) is 18.2 Å². The minimum absolute atomic E-state index is 0.00478. The van der Waals surface area contributed by atoms with E-state index in [-0.39, 0.29) is 11.7 Å². The van der Waals surface area contributed by atoms with E-state index in [1.165, 1.54) is 0 Å². The molecule has 3 aromatic carbocycles. The number of Topliss-reactive ketones (excluding diaryl/α,β-unsaturated/α-hetero) is 1. The van der Waals surface area contributed by atoms with E-state index < -0.39 is 11.5 Å². The summed E-state index contributed by atoms with van der Waals surface area (Å²) < 4.78 is 0. The topological polar surface area (TPSA) is 57.6 Å². The van der Waals surface area contributed by atoms with Gasteiger partial charge in [-0.25, -0.2) is 0 Å². The summed E-state index contributed by atoms with van der Waals surface area (Å²) in [7, 11) is 0. The van der Waals surface area contributed by atoms with Crippen LogP contribution in [-0.2, 0) is 21.7 Å². The lowest BCUT2D eigenvalue weighted by Crippen LogP contribution is -2.48. The molecule has 1 fully saturated rings. The number of carbonyl (C=O) groups excluding carboxylic acids is 2. The molecule has 4 nitrogen and oxygen atoms in total. The van der Waals surface area contributed by atoms with Gasteiger partial charge < -0.3 is 10.0 Å². The fourth-order valence-electron chi connectivity index (χ4n) is 5.16. The molecular formula is C26H25NO3. The standard InChI is InChI=1S/C26H25NO3/c28-24-16-3-1-2-14-22(24)26(30)21-13-6-7-15-23(21)27(25(26)29)17-19-11-8-10-18-9-4-5-12-20(18)19/h4-13,15,22,30H,1-3,14,16-17H2/t22-,26-/m1/s1. The summed E-state index contributed by atoms with van der Waals surface area (Å²) >= 11 is 0. The predicted molar refractivity (Wildman–Crippen MR) is 117 cm³/mol. The molecule has 0 saturated heterocycles. The second-order valence-corrected chi connectivity index (χ2v) is 8.43. The Kier molecular flexibility index (Phi) is 4.67. The molecule has 0 bridgehead atoms. The van der Waals surface area contributed by atoms with Crippen molar-refractivity contribution in [2.45, 2.75) is 44.2 Å². The lowest BCUT2D eigenvalue weighted by atomic mass is 9.77. The minimum atomic E-state index is -1.78. The highest BCUT2D eigenvalue weighted by Crippen LogP contribution is 2.48. The Morgan fingerprint density at radius 1 is 0.900 bits per heavy atom. The van der Waals surface area contributed by atoms with Gasteiger partial charge in [0, 0.05) is 12.0 Å². The Morgan fingerprint density at radius 2 is 1.67 bits per heavy atom. The molecule has 152 valence electrons. The van der Waals surface area contributed by atoms with Crippen LogP contribution in [0.3, 0.4) is 0 Å². The molecule has 1 amide bonds. The van der Waals surface area contributed by atoms with Gasteiger partial charge in [0.2, 0.25) is 0 Å². The van der Waals surface area contributed by atoms with Crippen molar-refractivity contribution in [2.24, 2.45) is 5.92 Å². The largest absolute Gasteiger partial charge is 0.375 e. The zero-order chi connectivity index (χ0) is 20.7. The normalized spacial score (nSPS) is 24.2. The van der Waals surface area contributed by atoms with E-state index in [1.54, 1.807) is 11.0 Å². The van der Waals surface area contributed by atoms with Gasteiger partial charge in [-0.1, -0.05) is 73.5 Å². The van der Waals surface area contributed by atoms with Gasteiger partial charge in [0.25, 0.3) is 5.91 Å². The number of benzene rings is 3. The van der Waals surface area contributed by atoms with Crippen molar-refractivity contribution in [1.29, 1.82) is 0 Å². The third-order valence-electron chi connectivity index (χ3n) is 6.69. The van der Waals surface area contributed by atoms with Gasteiger partial charge in [0.1, 0.15) is 5.78 Å². The SMILES string of the molecule is O=C1CCCCC[C@H]1[C@@]1(O)C(=O)N(Cc2cccc3ccccc23)c2ccccc21. The first-order valence-electron chi connectivity index (χ1n) is 10.7. The first-order valence-corrected chi connectivity index (χ1v) is 10.7. The Hall–Kier alpha value is -2.98. The van der Waals surface area contributed by atoms with Crippen molar-refractivity contribution in [3.8, 4) is 0 Å². The molecule has 1 N–H and O–H groups in total. The zero-order valence-corrected chi connectivity index (χ0v) is 16.9. The summed E-state index contributed by atoms with van der Waals surface area (Å²) in [6.07, 6.45) is 3.65. The Balaban J connectivity index is 1.59. The number of anilines is 1. The second-order valence-electron chi connectivity index (χ2n) is 8.43. The third-order valence-corrected chi connectivity index (χ3v) is 6.69. The Labute approximate surface area is 176 Å². The van der Waals surface area contributed by atoms with Crippen LogP contribution in [0.4, 0.5) is 5.69 Å². The van der Waals surface area contributed by atoms with E-state index in [0.29, 0.717) is 30.6 Å². The van der Waals surface area contributed by atoms with E-state index in [9.17, 15) is 14.7 Å². The molecule has 0 unspecified atom stereocenters. The number of para-hydroxylation sites is 1. The third kappa shape index (κ3) is 2.86. The number of carbonyl (C=O) groups is 2. The van der Waals surface area contributed by atoms with Gasteiger partial charge in [0.15, 0.2) is 5.60 Å². The van der Waals surface area contributed by atoms with Crippen LogP contribution < -0.4 is 4.90 Å². The lowest BCUT2D eigenvalue weighted by molar-refractivity contribution is -0.150. The van der Waals surface area contributed by atoms with Gasteiger partial charge in [-0.05, 0) is 35.2 Å². The maximum atomic E-state index is 13.7. The molecule has 2 atom stereocenters. The van der Waals surface area contributed by atoms with Crippen LogP contribution in [0, 0.1) is 5.92 Å². The summed E-state index contributed by atoms with van der Waals surface area (Å²) in [5.74, 6) is -1.05. The monoisotopic (exact) mass is 399 g/mol. The molecule has 1 saturated carbocycles. The highest BCUT2D eigenvalue weighted by atomic mass is 16.3. The molecular weight excluding hydrogens is 374 g/mol. The van der Waals surface area contributed by atoms with E-state index in [4.69, 9.17) is 0 Å². The highest BCUT2D eigenvalue weighted by molar-refractivity contribution is 6.09. The molecule has 1 heterocycles. The van der Waals surface area contributed by atoms with Gasteiger partial charge >= 0.3 is 0 Å². The van der Waals surface area contributed by atoms with Crippen molar-refractivity contribution >= 4 is 28.2 Å². The number of rotatable bonds is 3. The van der Waals surface area contributed by atoms with Crippen molar-refractivity contribution < 1.29 is 14.7 Å². The van der Waals surface area contributed by atoms with Gasteiger partial charge in [-0.2, -0.15) is 0 Å². The quantitative estimate of drug-likeness (QED) is 0.648. The highest BCUT2D eigenvalue weighted by Gasteiger charge is 2.56. The number of nitrogens with zero attached hydrogens (tertiary/aromatic N) is 1. The average Bonchev–Trinajstić information content (AvgIpc) is 2.91. The Bertz CT molecular complexity index is 1130. The first kappa shape index (κ1) is 19.0. The maximum Gasteiger partial charge on any atom is 0.264 e. The molecule has 30 heavy (non-hydrogen) atoms. The van der Waals surface area contributed by atoms with Gasteiger partial charge in [0.05, 0.1) is 18.2 Å². The van der Waals surface area contributed by atoms with E-state index in [1.807, 2.05) is 42.5 Å². The van der Waals surface area contributed by atoms with Gasteiger partial charge in [-0.3, -0.25) is 9.59 Å². The zero-order valence-electron chi connectivity index (χ0n) is 16.9. The van der Waals surface area contributed by atoms with Crippen LogP contribution in [0.1, 0.15) is 43.2 Å². The number of aliphatic hydroxyl groups is 1. The number of ketones is 1. The molecule has 0 spiro atoms. The van der Waals surface area contributed by atoms with Crippen molar-refractivity contribution in [1.82, 2.24) is 0 Å². The molecule has 1 aliphatic heterocycles. The minimum Gasteiger partial charge on any atom is -0.375 e. The number of hydrogen-bond donors (Lipinski definition) is 1. The van der Waals surface area contributed by atoms with Crippen molar-refractivity contribution in [2.75, 3.05) is 4.90 Å². The summed E-state index contributed by atoms with van der Waals surface area (Å²) in [5.41, 5.74) is 0.515. The van der Waals surface area contributed by atoms with Crippen LogP contribution in [-0.4, -0.2) is 16.8 Å². The molecule has 0 radical (unpaired) electrons. The first-order chi connectivity index (χ1) is 14.6. The van der Waals surface area contributed by atoms with Crippen LogP contribution >= 0.6 is 0 Å². The second kappa shape index (κ2) is 7.37. The molecule has 3 aromatic rings. The summed E-state index contributed by atoms with van der Waals surface area (Å²) in [5, 5.41) is 14.0.